The Hall–Kier alpha value is -1.92. The number of likely N-dealkylation sites (N-methyl/N-ethyl adjacent to an activating group) is 1. The molecule has 0 unspecified atom stereocenters. The normalized spacial score (nSPS) is 17.1. The van der Waals surface area contributed by atoms with E-state index in [1.54, 1.807) is 18.2 Å². The van der Waals surface area contributed by atoms with Gasteiger partial charge in [-0.15, -0.1) is 0 Å². The van der Waals surface area contributed by atoms with Gasteiger partial charge in [-0.05, 0) is 38.1 Å². The monoisotopic (exact) mass is 302 g/mol. The van der Waals surface area contributed by atoms with Gasteiger partial charge >= 0.3 is 0 Å². The van der Waals surface area contributed by atoms with Crippen LogP contribution in [0.3, 0.4) is 0 Å². The van der Waals surface area contributed by atoms with E-state index in [2.05, 4.69) is 21.8 Å². The van der Waals surface area contributed by atoms with Crippen LogP contribution in [0.25, 0.3) is 10.9 Å². The van der Waals surface area contributed by atoms with Crippen LogP contribution in [-0.2, 0) is 6.42 Å². The van der Waals surface area contributed by atoms with Crippen molar-refractivity contribution in [2.45, 2.75) is 12.8 Å². The first-order chi connectivity index (χ1) is 10.6. The lowest BCUT2D eigenvalue weighted by Crippen LogP contribution is -2.44. The number of nitrogens with zero attached hydrogens (tertiary/aromatic N) is 3. The van der Waals surface area contributed by atoms with Gasteiger partial charge in [0.05, 0.1) is 4.92 Å². The zero-order valence-electron chi connectivity index (χ0n) is 12.9. The maximum atomic E-state index is 10.9. The van der Waals surface area contributed by atoms with E-state index in [9.17, 15) is 10.1 Å². The number of nitro benzene ring substituents is 1. The molecule has 1 aliphatic rings. The molecule has 6 nitrogen and oxygen atoms in total. The second kappa shape index (κ2) is 6.46. The molecule has 1 N–H and O–H groups in total. The summed E-state index contributed by atoms with van der Waals surface area (Å²) in [4.78, 5) is 18.6. The van der Waals surface area contributed by atoms with Crippen LogP contribution in [0.5, 0.6) is 0 Å². The average Bonchev–Trinajstić information content (AvgIpc) is 2.92. The van der Waals surface area contributed by atoms with E-state index in [0.717, 1.165) is 56.5 Å². The highest BCUT2D eigenvalue weighted by Crippen LogP contribution is 2.24. The maximum absolute atomic E-state index is 10.9. The molecular weight excluding hydrogens is 280 g/mol. The van der Waals surface area contributed by atoms with Gasteiger partial charge in [0.15, 0.2) is 0 Å². The molecule has 0 aliphatic carbocycles. The number of hydrogen-bond acceptors (Lipinski definition) is 4. The van der Waals surface area contributed by atoms with Crippen LogP contribution < -0.4 is 0 Å². The van der Waals surface area contributed by atoms with Crippen molar-refractivity contribution in [3.8, 4) is 0 Å². The highest BCUT2D eigenvalue weighted by Gasteiger charge is 2.14. The van der Waals surface area contributed by atoms with E-state index in [0.29, 0.717) is 0 Å². The molecule has 0 atom stereocenters. The second-order valence-corrected chi connectivity index (χ2v) is 6.05. The number of non-ortho nitro benzene ring substituents is 1. The van der Waals surface area contributed by atoms with Crippen molar-refractivity contribution in [2.24, 2.45) is 0 Å². The molecule has 22 heavy (non-hydrogen) atoms. The number of aryl methyl sites for hydroxylation is 1. The second-order valence-electron chi connectivity index (χ2n) is 6.05. The first kappa shape index (κ1) is 15.0. The molecule has 3 rings (SSSR count). The Morgan fingerprint density at radius 1 is 1.27 bits per heavy atom. The van der Waals surface area contributed by atoms with E-state index < -0.39 is 0 Å². The predicted octanol–water partition coefficient (Wildman–Crippen LogP) is 2.26. The molecule has 2 heterocycles. The van der Waals surface area contributed by atoms with E-state index in [1.165, 1.54) is 5.56 Å². The van der Waals surface area contributed by atoms with Crippen molar-refractivity contribution in [1.82, 2.24) is 14.8 Å². The molecule has 0 amide bonds. The highest BCUT2D eigenvalue weighted by molar-refractivity contribution is 5.85. The molecule has 0 bridgehead atoms. The number of fused-ring (bicyclic) bond motifs is 1. The van der Waals surface area contributed by atoms with Crippen molar-refractivity contribution < 1.29 is 4.92 Å². The predicted molar refractivity (Wildman–Crippen MR) is 87.2 cm³/mol. The summed E-state index contributed by atoms with van der Waals surface area (Å²) in [6, 6.07) is 5.02. The van der Waals surface area contributed by atoms with Crippen molar-refractivity contribution in [2.75, 3.05) is 39.8 Å². The molecule has 0 spiro atoms. The van der Waals surface area contributed by atoms with E-state index in [1.807, 2.05) is 6.20 Å². The zero-order chi connectivity index (χ0) is 15.5. The molecule has 6 heteroatoms. The molecule has 0 saturated carbocycles. The molecule has 1 aliphatic heterocycles. The fourth-order valence-corrected chi connectivity index (χ4v) is 3.05. The highest BCUT2D eigenvalue weighted by atomic mass is 16.6. The van der Waals surface area contributed by atoms with Gasteiger partial charge in [-0.25, -0.2) is 0 Å². The third-order valence-electron chi connectivity index (χ3n) is 4.48. The van der Waals surface area contributed by atoms with Crippen LogP contribution in [0.2, 0.25) is 0 Å². The quantitative estimate of drug-likeness (QED) is 0.679. The molecule has 2 aromatic rings. The van der Waals surface area contributed by atoms with Crippen LogP contribution in [0.15, 0.2) is 24.4 Å². The Morgan fingerprint density at radius 3 is 2.77 bits per heavy atom. The number of aromatic nitrogens is 1. The fourth-order valence-electron chi connectivity index (χ4n) is 3.05. The smallest absolute Gasteiger partial charge is 0.270 e. The number of benzene rings is 1. The Kier molecular flexibility index (Phi) is 4.40. The summed E-state index contributed by atoms with van der Waals surface area (Å²) in [6.45, 7) is 5.64. The Bertz CT molecular complexity index is 659. The van der Waals surface area contributed by atoms with Crippen LogP contribution >= 0.6 is 0 Å². The van der Waals surface area contributed by atoms with Gasteiger partial charge in [-0.3, -0.25) is 10.1 Å². The summed E-state index contributed by atoms with van der Waals surface area (Å²) in [7, 11) is 2.16. The molecule has 1 aromatic heterocycles. The Balaban J connectivity index is 1.61. The molecule has 118 valence electrons. The number of aromatic amines is 1. The SMILES string of the molecule is CN1CCN(CCCc2c[nH]c3ccc([N+](=O)[O-])cc23)CC1. The largest absolute Gasteiger partial charge is 0.361 e. The molecule has 1 aromatic carbocycles. The lowest BCUT2D eigenvalue weighted by molar-refractivity contribution is -0.384. The topological polar surface area (TPSA) is 65.4 Å². The number of nitro groups is 1. The van der Waals surface area contributed by atoms with Crippen molar-refractivity contribution in [1.29, 1.82) is 0 Å². The summed E-state index contributed by atoms with van der Waals surface area (Å²) in [5, 5.41) is 11.9. The number of piperazine rings is 1. The lowest BCUT2D eigenvalue weighted by atomic mass is 10.1. The van der Waals surface area contributed by atoms with Crippen LogP contribution in [0.1, 0.15) is 12.0 Å². The lowest BCUT2D eigenvalue weighted by Gasteiger charge is -2.32. The number of hydrogen-bond donors (Lipinski definition) is 1. The standard InChI is InChI=1S/C16H22N4O2/c1-18-7-9-19(10-8-18)6-2-3-13-12-17-16-5-4-14(20(21)22)11-15(13)16/h4-5,11-12,17H,2-3,6-10H2,1H3. The van der Waals surface area contributed by atoms with Gasteiger partial charge in [0.25, 0.3) is 5.69 Å². The third-order valence-corrected chi connectivity index (χ3v) is 4.48. The molecule has 1 saturated heterocycles. The van der Waals surface area contributed by atoms with Gasteiger partial charge in [-0.2, -0.15) is 0 Å². The molecule has 1 fully saturated rings. The van der Waals surface area contributed by atoms with Gasteiger partial charge in [-0.1, -0.05) is 0 Å². The van der Waals surface area contributed by atoms with Crippen molar-refractivity contribution >= 4 is 16.6 Å². The van der Waals surface area contributed by atoms with Gasteiger partial charge in [0, 0.05) is 55.4 Å². The van der Waals surface area contributed by atoms with E-state index >= 15 is 0 Å². The first-order valence-electron chi connectivity index (χ1n) is 7.79. The summed E-state index contributed by atoms with van der Waals surface area (Å²) in [6.07, 6.45) is 4.02. The zero-order valence-corrected chi connectivity index (χ0v) is 12.9. The van der Waals surface area contributed by atoms with Gasteiger partial charge in [0.1, 0.15) is 0 Å². The summed E-state index contributed by atoms with van der Waals surface area (Å²) in [5.74, 6) is 0. The summed E-state index contributed by atoms with van der Waals surface area (Å²) >= 11 is 0. The van der Waals surface area contributed by atoms with Crippen LogP contribution in [0.4, 0.5) is 5.69 Å². The van der Waals surface area contributed by atoms with Crippen molar-refractivity contribution in [3.63, 3.8) is 0 Å². The Labute approximate surface area is 129 Å². The Morgan fingerprint density at radius 2 is 2.05 bits per heavy atom. The molecular formula is C16H22N4O2. The van der Waals surface area contributed by atoms with Gasteiger partial charge in [0.2, 0.25) is 0 Å². The minimum atomic E-state index is -0.333. The molecule has 0 radical (unpaired) electrons. The first-order valence-corrected chi connectivity index (χ1v) is 7.79. The van der Waals surface area contributed by atoms with E-state index in [-0.39, 0.29) is 10.6 Å². The fraction of sp³-hybridized carbons (Fsp3) is 0.500. The van der Waals surface area contributed by atoms with Crippen LogP contribution in [0, 0.1) is 10.1 Å². The third kappa shape index (κ3) is 3.28. The minimum Gasteiger partial charge on any atom is -0.361 e. The van der Waals surface area contributed by atoms with E-state index in [4.69, 9.17) is 0 Å². The van der Waals surface area contributed by atoms with Gasteiger partial charge < -0.3 is 14.8 Å². The summed E-state index contributed by atoms with van der Waals surface area (Å²) in [5.41, 5.74) is 2.31. The maximum Gasteiger partial charge on any atom is 0.270 e. The minimum absolute atomic E-state index is 0.160. The van der Waals surface area contributed by atoms with Crippen molar-refractivity contribution in [3.05, 3.63) is 40.1 Å². The number of nitrogens with one attached hydrogen (secondary N) is 1. The average molecular weight is 302 g/mol. The summed E-state index contributed by atoms with van der Waals surface area (Å²) < 4.78 is 0. The van der Waals surface area contributed by atoms with Crippen LogP contribution in [-0.4, -0.2) is 59.5 Å². The number of H-pyrrole nitrogens is 1. The number of rotatable bonds is 5.